The maximum absolute atomic E-state index is 14.7. The van der Waals surface area contributed by atoms with E-state index in [2.05, 4.69) is 26.6 Å². The van der Waals surface area contributed by atoms with Crippen molar-refractivity contribution in [2.75, 3.05) is 80.2 Å². The van der Waals surface area contributed by atoms with Crippen LogP contribution in [-0.4, -0.2) is 156 Å². The fourth-order valence-corrected chi connectivity index (χ4v) is 13.1. The lowest BCUT2D eigenvalue weighted by molar-refractivity contribution is -0.133. The zero-order valence-corrected chi connectivity index (χ0v) is 55.6. The summed E-state index contributed by atoms with van der Waals surface area (Å²) in [4.78, 5) is 146. The van der Waals surface area contributed by atoms with Gasteiger partial charge in [-0.3, -0.25) is 38.6 Å². The van der Waals surface area contributed by atoms with Crippen LogP contribution in [0.2, 0.25) is 0 Å². The highest BCUT2D eigenvalue weighted by Crippen LogP contribution is 2.50. The van der Waals surface area contributed by atoms with Crippen molar-refractivity contribution < 1.29 is 71.5 Å². The van der Waals surface area contributed by atoms with Gasteiger partial charge in [-0.2, -0.15) is 0 Å². The number of ether oxygens (including phenoxy) is 2. The predicted molar refractivity (Wildman–Crippen MR) is 358 cm³/mol. The van der Waals surface area contributed by atoms with Crippen LogP contribution in [0.15, 0.2) is 97.1 Å². The molecule has 0 fully saturated rings. The average molecular weight is 1370 g/mol. The van der Waals surface area contributed by atoms with E-state index in [-0.39, 0.29) is 97.0 Å². The number of halogens is 2. The molecule has 502 valence electrons. The number of rotatable bonds is 28. The number of carbonyl (C=O) groups is 9. The molecule has 0 radical (unpaired) electrons. The molecule has 0 aliphatic carbocycles. The van der Waals surface area contributed by atoms with E-state index < -0.39 is 85.5 Å². The number of nitrogens with zero attached hydrogens (tertiary/aromatic N) is 4. The Morgan fingerprint density at radius 3 is 1.72 bits per heavy atom. The number of amides is 10. The number of thiophene rings is 1. The molecule has 0 saturated carbocycles. The molecule has 5 aromatic carbocycles. The molecular weight excluding hydrogens is 1300 g/mol. The number of nitrogens with one attached hydrogen (secondary N) is 5. The van der Waals surface area contributed by atoms with Crippen molar-refractivity contribution in [2.24, 2.45) is 17.4 Å². The number of fused-ring (bicyclic) bond motifs is 6. The van der Waals surface area contributed by atoms with Gasteiger partial charge in [0.2, 0.25) is 23.6 Å². The third kappa shape index (κ3) is 17.6. The standard InChI is InChI=1S/C64H76Cl2N11O15PS/c1-36(2)56(73-58(80)46(70-37(3)78)17-10-11-25-67)59(81)72-47(18-12-26-69-62(68)84)57(79)71-41-21-19-38(20-22-41)35-90-63(85)74(4)27-28-75(5)64(86)91-50-29-48-54(44-15-8-6-13-42(44)50)39(31-65)33-76(48)60(82)52-23-24-53(94-52)61(83)77-34-40(32-66)55-45-16-9-7-14-43(45)51(30-49(55)77)92-93(87,88)89/h6-9,13-16,19-24,29-30,36,39-40,46-47,56H,10-12,17-18,25-28,31-35,67H2,1-5H3,(H,70,78)(H,71,79)(H,72,81)(H,73,80)(H3,68,69,84)(H2,87,88,89)/t39-,40-,46+,47+,56?/m1/s1. The van der Waals surface area contributed by atoms with E-state index in [1.165, 1.54) is 41.8 Å². The minimum atomic E-state index is -5.01. The van der Waals surface area contributed by atoms with Gasteiger partial charge in [-0.15, -0.1) is 34.5 Å². The number of phosphoric ester groups is 1. The van der Waals surface area contributed by atoms with Gasteiger partial charge >= 0.3 is 26.0 Å². The molecule has 0 saturated heterocycles. The van der Waals surface area contributed by atoms with E-state index in [4.69, 9.17) is 48.7 Å². The number of nitrogens with two attached hydrogens (primary N) is 2. The van der Waals surface area contributed by atoms with E-state index in [9.17, 15) is 57.5 Å². The molecular formula is C64H76Cl2N11O15PS. The predicted octanol–water partition coefficient (Wildman–Crippen LogP) is 7.84. The molecule has 26 nitrogen and oxygen atoms in total. The second-order valence-electron chi connectivity index (χ2n) is 23.2. The van der Waals surface area contributed by atoms with Gasteiger partial charge in [-0.1, -0.05) is 74.5 Å². The number of phosphoric acid groups is 1. The zero-order valence-electron chi connectivity index (χ0n) is 52.4. The fraction of sp³-hybridized carbons (Fsp3) is 0.391. The largest absolute Gasteiger partial charge is 0.524 e. The summed E-state index contributed by atoms with van der Waals surface area (Å²) in [6, 6.07) is 22.8. The van der Waals surface area contributed by atoms with Gasteiger partial charge in [0.1, 0.15) is 36.2 Å². The smallest absolute Gasteiger partial charge is 0.445 e. The van der Waals surface area contributed by atoms with Crippen LogP contribution < -0.4 is 57.1 Å². The van der Waals surface area contributed by atoms with Gasteiger partial charge < -0.3 is 71.6 Å². The Morgan fingerprint density at radius 1 is 0.681 bits per heavy atom. The third-order valence-electron chi connectivity index (χ3n) is 16.0. The first-order chi connectivity index (χ1) is 44.8. The van der Waals surface area contributed by atoms with Crippen LogP contribution in [-0.2, 0) is 35.1 Å². The highest BCUT2D eigenvalue weighted by molar-refractivity contribution is 7.46. The highest BCUT2D eigenvalue weighted by Gasteiger charge is 2.40. The van der Waals surface area contributed by atoms with E-state index >= 15 is 0 Å². The monoisotopic (exact) mass is 1370 g/mol. The molecule has 94 heavy (non-hydrogen) atoms. The van der Waals surface area contributed by atoms with Crippen LogP contribution in [0, 0.1) is 5.92 Å². The highest BCUT2D eigenvalue weighted by atomic mass is 35.5. The normalized spacial score (nSPS) is 15.1. The third-order valence-corrected chi connectivity index (χ3v) is 18.3. The number of urea groups is 1. The molecule has 1 aromatic heterocycles. The minimum Gasteiger partial charge on any atom is -0.445 e. The first-order valence-corrected chi connectivity index (χ1v) is 33.8. The summed E-state index contributed by atoms with van der Waals surface area (Å²) in [6.07, 6.45) is 0.328. The maximum atomic E-state index is 14.7. The van der Waals surface area contributed by atoms with Crippen LogP contribution >= 0.6 is 42.4 Å². The minimum absolute atomic E-state index is 0.0130. The van der Waals surface area contributed by atoms with Crippen LogP contribution in [0.3, 0.4) is 0 Å². The summed E-state index contributed by atoms with van der Waals surface area (Å²) in [6.45, 7) is 5.44. The Kier molecular flexibility index (Phi) is 24.3. The molecule has 5 atom stereocenters. The first-order valence-electron chi connectivity index (χ1n) is 30.3. The van der Waals surface area contributed by atoms with E-state index in [1.807, 2.05) is 12.1 Å². The van der Waals surface area contributed by atoms with Gasteiger partial charge in [0.05, 0.1) is 21.1 Å². The Hall–Kier alpha value is -8.56. The molecule has 30 heteroatoms. The Morgan fingerprint density at radius 2 is 1.20 bits per heavy atom. The summed E-state index contributed by atoms with van der Waals surface area (Å²) in [5, 5.41) is 15.7. The van der Waals surface area contributed by atoms with Crippen LogP contribution in [0.4, 0.5) is 31.4 Å². The number of unbranched alkanes of at least 4 members (excludes halogenated alkanes) is 1. The first kappa shape index (κ1) is 71.3. The quantitative estimate of drug-likeness (QED) is 0.0128. The number of likely N-dealkylation sites (N-methyl/N-ethyl adjacent to an activating group) is 2. The molecule has 3 heterocycles. The number of anilines is 3. The van der Waals surface area contributed by atoms with E-state index in [0.29, 0.717) is 70.0 Å². The molecule has 10 amide bonds. The summed E-state index contributed by atoms with van der Waals surface area (Å²) in [5.41, 5.74) is 14.1. The fourth-order valence-electron chi connectivity index (χ4n) is 11.3. The van der Waals surface area contributed by atoms with Gasteiger partial charge in [0.25, 0.3) is 11.8 Å². The topological polar surface area (TPSA) is 364 Å². The number of benzene rings is 5. The summed E-state index contributed by atoms with van der Waals surface area (Å²) >= 11 is 14.0. The second kappa shape index (κ2) is 32.0. The van der Waals surface area contributed by atoms with E-state index in [1.54, 1.807) is 97.6 Å². The summed E-state index contributed by atoms with van der Waals surface area (Å²) in [7, 11) is -2.01. The number of carbonyl (C=O) groups excluding carboxylic acids is 9. The van der Waals surface area contributed by atoms with Crippen LogP contribution in [0.1, 0.15) is 101 Å². The molecule has 11 N–H and O–H groups in total. The Labute approximate surface area is 556 Å². The molecule has 1 unspecified atom stereocenters. The van der Waals surface area contributed by atoms with Crippen molar-refractivity contribution in [3.63, 3.8) is 0 Å². The van der Waals surface area contributed by atoms with Crippen molar-refractivity contribution in [3.8, 4) is 11.5 Å². The summed E-state index contributed by atoms with van der Waals surface area (Å²) < 4.78 is 28.8. The second-order valence-corrected chi connectivity index (χ2v) is 26.1. The summed E-state index contributed by atoms with van der Waals surface area (Å²) in [5.74, 6) is -3.89. The van der Waals surface area contributed by atoms with Gasteiger partial charge in [0, 0.05) is 106 Å². The Balaban J connectivity index is 0.872. The molecule has 2 aliphatic rings. The van der Waals surface area contributed by atoms with Gasteiger partial charge in [-0.25, -0.2) is 18.9 Å². The molecule has 0 spiro atoms. The number of hydrogen-bond acceptors (Lipinski definition) is 15. The molecule has 0 bridgehead atoms. The van der Waals surface area contributed by atoms with Gasteiger partial charge in [-0.05, 0) is 96.3 Å². The van der Waals surface area contributed by atoms with Crippen molar-refractivity contribution in [1.82, 2.24) is 31.1 Å². The van der Waals surface area contributed by atoms with Crippen molar-refractivity contribution in [1.29, 1.82) is 0 Å². The van der Waals surface area contributed by atoms with Crippen LogP contribution in [0.5, 0.6) is 11.5 Å². The SMILES string of the molecule is CC(=O)N[C@@H](CCCCN)C(=O)NC(C(=O)N[C@@H](CCCNC(N)=O)C(=O)Nc1ccc(COC(=O)N(C)CCN(C)C(=O)Oc2cc3c(c4ccccc24)[C@H](CCl)CN3C(=O)c2ccc(C(=O)N3C[C@@H](CCl)c4c3cc(OP(=O)(O)O)c3ccccc43)s2)cc1)C(C)C. The zero-order chi connectivity index (χ0) is 68.1. The van der Waals surface area contributed by atoms with Crippen molar-refractivity contribution in [2.45, 2.75) is 89.4 Å². The lowest BCUT2D eigenvalue weighted by atomic mass is 9.95. The average Bonchev–Trinajstić information content (AvgIpc) is 1.57. The number of primary amides is 1. The lowest BCUT2D eigenvalue weighted by Gasteiger charge is -2.27. The van der Waals surface area contributed by atoms with E-state index in [0.717, 1.165) is 22.5 Å². The Bertz CT molecular complexity index is 3870. The van der Waals surface area contributed by atoms with Crippen molar-refractivity contribution >= 4 is 135 Å². The molecule has 2 aliphatic heterocycles. The van der Waals surface area contributed by atoms with Crippen LogP contribution in [0.25, 0.3) is 21.5 Å². The number of alkyl halides is 2. The maximum Gasteiger partial charge on any atom is 0.524 e. The molecule has 8 rings (SSSR count). The van der Waals surface area contributed by atoms with Gasteiger partial charge in [0.15, 0.2) is 0 Å². The molecule has 6 aromatic rings. The lowest BCUT2D eigenvalue weighted by Crippen LogP contribution is -2.57. The van der Waals surface area contributed by atoms with Crippen molar-refractivity contribution in [3.05, 3.63) is 124 Å². The number of hydrogen-bond donors (Lipinski definition) is 9.